The number of hydrogen-bond acceptors (Lipinski definition) is 2. The monoisotopic (exact) mass is 322 g/mol. The summed E-state index contributed by atoms with van der Waals surface area (Å²) < 4.78 is 6.15. The van der Waals surface area contributed by atoms with Gasteiger partial charge in [-0.05, 0) is 58.3 Å². The van der Waals surface area contributed by atoms with E-state index in [4.69, 9.17) is 4.74 Å². The minimum atomic E-state index is -0.117. The van der Waals surface area contributed by atoms with Crippen LogP contribution in [0, 0.1) is 5.92 Å². The van der Waals surface area contributed by atoms with Crippen molar-refractivity contribution in [3.63, 3.8) is 0 Å². The first-order chi connectivity index (χ1) is 11.0. The van der Waals surface area contributed by atoms with Gasteiger partial charge in [0, 0.05) is 25.2 Å². The second-order valence-electron chi connectivity index (χ2n) is 8.55. The quantitative estimate of drug-likeness (QED) is 0.775. The van der Waals surface area contributed by atoms with E-state index in [0.29, 0.717) is 0 Å². The van der Waals surface area contributed by atoms with Crippen molar-refractivity contribution >= 4 is 6.03 Å². The second kappa shape index (κ2) is 7.00. The fraction of sp³-hybridized carbons (Fsp3) is 0.947. The van der Waals surface area contributed by atoms with Crippen molar-refractivity contribution in [1.29, 1.82) is 0 Å². The van der Waals surface area contributed by atoms with Crippen LogP contribution in [0.1, 0.15) is 78.1 Å². The molecule has 3 rings (SSSR count). The lowest BCUT2D eigenvalue weighted by Gasteiger charge is -2.52. The number of urea groups is 1. The first kappa shape index (κ1) is 17.1. The fourth-order valence-corrected chi connectivity index (χ4v) is 4.47. The summed E-state index contributed by atoms with van der Waals surface area (Å²) in [7, 11) is 0. The van der Waals surface area contributed by atoms with Crippen LogP contribution < -0.4 is 5.32 Å². The summed E-state index contributed by atoms with van der Waals surface area (Å²) in [5.41, 5.74) is -0.0868. The van der Waals surface area contributed by atoms with Crippen molar-refractivity contribution in [2.24, 2.45) is 5.92 Å². The lowest BCUT2D eigenvalue weighted by Crippen LogP contribution is -2.61. The average Bonchev–Trinajstić information content (AvgIpc) is 3.30. The van der Waals surface area contributed by atoms with Gasteiger partial charge in [0.1, 0.15) is 0 Å². The molecule has 4 nitrogen and oxygen atoms in total. The largest absolute Gasteiger partial charge is 0.375 e. The minimum absolute atomic E-state index is 0.0305. The Morgan fingerprint density at radius 1 is 1.22 bits per heavy atom. The Kier molecular flexibility index (Phi) is 5.19. The highest BCUT2D eigenvalue weighted by Crippen LogP contribution is 2.41. The third-order valence-corrected chi connectivity index (χ3v) is 5.97. The standard InChI is InChI=1S/C19H34N2O2/c1-18(2)15-19(10-4-6-14-23-19)11-13-21(18)17(22)20-12-5-3-7-16-8-9-16/h16H,3-15H2,1-2H3,(H,20,22). The van der Waals surface area contributed by atoms with Crippen LogP contribution in [0.25, 0.3) is 0 Å². The summed E-state index contributed by atoms with van der Waals surface area (Å²) in [5.74, 6) is 0.999. The highest BCUT2D eigenvalue weighted by Gasteiger charge is 2.47. The molecule has 4 heteroatoms. The topological polar surface area (TPSA) is 41.6 Å². The summed E-state index contributed by atoms with van der Waals surface area (Å²) in [6, 6.07) is 0.118. The van der Waals surface area contributed by atoms with Crippen molar-refractivity contribution in [3.8, 4) is 0 Å². The van der Waals surface area contributed by atoms with Crippen LogP contribution >= 0.6 is 0 Å². The van der Waals surface area contributed by atoms with Gasteiger partial charge in [0.05, 0.1) is 5.60 Å². The van der Waals surface area contributed by atoms with E-state index >= 15 is 0 Å². The lowest BCUT2D eigenvalue weighted by atomic mass is 9.75. The SMILES string of the molecule is CC1(C)CC2(CCCCO2)CCN1C(=O)NCCCCC1CC1. The van der Waals surface area contributed by atoms with E-state index in [9.17, 15) is 4.79 Å². The van der Waals surface area contributed by atoms with Gasteiger partial charge in [0.15, 0.2) is 0 Å². The third-order valence-electron chi connectivity index (χ3n) is 5.97. The van der Waals surface area contributed by atoms with Crippen molar-refractivity contribution in [1.82, 2.24) is 10.2 Å². The van der Waals surface area contributed by atoms with Gasteiger partial charge in [-0.1, -0.05) is 25.7 Å². The Hall–Kier alpha value is -0.770. The summed E-state index contributed by atoms with van der Waals surface area (Å²) >= 11 is 0. The minimum Gasteiger partial charge on any atom is -0.375 e. The molecule has 3 aliphatic rings. The lowest BCUT2D eigenvalue weighted by molar-refractivity contribution is -0.132. The van der Waals surface area contributed by atoms with Crippen LogP contribution in [0.3, 0.4) is 0 Å². The zero-order valence-electron chi connectivity index (χ0n) is 15.0. The molecular weight excluding hydrogens is 288 g/mol. The highest BCUT2D eigenvalue weighted by atomic mass is 16.5. The van der Waals surface area contributed by atoms with Gasteiger partial charge in [-0.25, -0.2) is 4.79 Å². The number of hydrogen-bond donors (Lipinski definition) is 1. The van der Waals surface area contributed by atoms with Crippen LogP contribution in [0.15, 0.2) is 0 Å². The molecule has 2 heterocycles. The first-order valence-electron chi connectivity index (χ1n) is 9.70. The van der Waals surface area contributed by atoms with Crippen LogP contribution in [-0.2, 0) is 4.74 Å². The molecule has 0 bridgehead atoms. The van der Waals surface area contributed by atoms with Gasteiger partial charge in [-0.3, -0.25) is 0 Å². The highest BCUT2D eigenvalue weighted by molar-refractivity contribution is 5.75. The van der Waals surface area contributed by atoms with Gasteiger partial charge in [0.25, 0.3) is 0 Å². The Balaban J connectivity index is 1.44. The molecule has 3 fully saturated rings. The molecule has 2 saturated heterocycles. The summed E-state index contributed by atoms with van der Waals surface area (Å²) in [6.07, 6.45) is 12.2. The molecule has 0 aromatic heterocycles. The zero-order valence-corrected chi connectivity index (χ0v) is 15.0. The molecule has 23 heavy (non-hydrogen) atoms. The molecule has 1 atom stereocenters. The number of unbranched alkanes of at least 4 members (excludes halogenated alkanes) is 1. The zero-order chi connectivity index (χ0) is 16.3. The van der Waals surface area contributed by atoms with Crippen LogP contribution in [0.2, 0.25) is 0 Å². The predicted molar refractivity (Wildman–Crippen MR) is 92.5 cm³/mol. The number of carbonyl (C=O) groups excluding carboxylic acids is 1. The number of ether oxygens (including phenoxy) is 1. The van der Waals surface area contributed by atoms with Gasteiger partial charge in [-0.2, -0.15) is 0 Å². The molecule has 1 saturated carbocycles. The number of carbonyl (C=O) groups is 1. The molecular formula is C19H34N2O2. The predicted octanol–water partition coefficient (Wildman–Crippen LogP) is 4.09. The number of piperidine rings is 1. The third kappa shape index (κ3) is 4.40. The Morgan fingerprint density at radius 2 is 2.04 bits per heavy atom. The summed E-state index contributed by atoms with van der Waals surface area (Å²) in [5, 5.41) is 3.14. The maximum Gasteiger partial charge on any atom is 0.317 e. The molecule has 0 aromatic carbocycles. The molecule has 0 radical (unpaired) electrons. The number of nitrogens with one attached hydrogen (secondary N) is 1. The molecule has 1 aliphatic carbocycles. The van der Waals surface area contributed by atoms with Gasteiger partial charge >= 0.3 is 6.03 Å². The van der Waals surface area contributed by atoms with Crippen molar-refractivity contribution < 1.29 is 9.53 Å². The fourth-order valence-electron chi connectivity index (χ4n) is 4.47. The second-order valence-corrected chi connectivity index (χ2v) is 8.55. The number of nitrogens with zero attached hydrogens (tertiary/aromatic N) is 1. The van der Waals surface area contributed by atoms with E-state index in [2.05, 4.69) is 19.2 Å². The van der Waals surface area contributed by atoms with E-state index in [0.717, 1.165) is 51.3 Å². The van der Waals surface area contributed by atoms with Crippen molar-refractivity contribution in [3.05, 3.63) is 0 Å². The Morgan fingerprint density at radius 3 is 2.70 bits per heavy atom. The maximum atomic E-state index is 12.6. The molecule has 132 valence electrons. The normalized spacial score (nSPS) is 30.4. The smallest absolute Gasteiger partial charge is 0.317 e. The summed E-state index contributed by atoms with van der Waals surface area (Å²) in [6.45, 7) is 6.92. The molecule has 2 amide bonds. The van der Waals surface area contributed by atoms with E-state index in [1.165, 1.54) is 38.5 Å². The van der Waals surface area contributed by atoms with Gasteiger partial charge < -0.3 is 15.0 Å². The van der Waals surface area contributed by atoms with E-state index in [-0.39, 0.29) is 17.2 Å². The molecule has 1 unspecified atom stereocenters. The van der Waals surface area contributed by atoms with Gasteiger partial charge in [0.2, 0.25) is 0 Å². The van der Waals surface area contributed by atoms with E-state index in [1.807, 2.05) is 4.90 Å². The number of amides is 2. The van der Waals surface area contributed by atoms with Crippen molar-refractivity contribution in [2.45, 2.75) is 89.2 Å². The molecule has 1 spiro atoms. The molecule has 0 aromatic rings. The van der Waals surface area contributed by atoms with Crippen LogP contribution in [0.4, 0.5) is 4.79 Å². The first-order valence-corrected chi connectivity index (χ1v) is 9.70. The molecule has 2 aliphatic heterocycles. The van der Waals surface area contributed by atoms with E-state index < -0.39 is 0 Å². The Bertz CT molecular complexity index is 412. The van der Waals surface area contributed by atoms with Crippen LogP contribution in [0.5, 0.6) is 0 Å². The Labute approximate surface area is 141 Å². The maximum absolute atomic E-state index is 12.6. The average molecular weight is 322 g/mol. The summed E-state index contributed by atoms with van der Waals surface area (Å²) in [4.78, 5) is 14.6. The van der Waals surface area contributed by atoms with Crippen molar-refractivity contribution in [2.75, 3.05) is 19.7 Å². The van der Waals surface area contributed by atoms with Crippen LogP contribution in [-0.4, -0.2) is 41.8 Å². The van der Waals surface area contributed by atoms with E-state index in [1.54, 1.807) is 0 Å². The molecule has 1 N–H and O–H groups in total. The number of rotatable bonds is 5. The number of likely N-dealkylation sites (tertiary alicyclic amines) is 1. The van der Waals surface area contributed by atoms with Gasteiger partial charge in [-0.15, -0.1) is 0 Å².